The van der Waals surface area contributed by atoms with E-state index in [2.05, 4.69) is 0 Å². The molecule has 1 saturated carbocycles. The van der Waals surface area contributed by atoms with Gasteiger partial charge in [0.25, 0.3) is 0 Å². The maximum atomic E-state index is 13.6. The molecule has 1 N–H and O–H groups in total. The van der Waals surface area contributed by atoms with Crippen LogP contribution in [0, 0.1) is 29.6 Å². The Morgan fingerprint density at radius 2 is 1.51 bits per heavy atom. The molecule has 0 aromatic heterocycles. The number of aromatic hydroxyl groups is 1. The Hall–Kier alpha value is -3.16. The molecule has 2 aliphatic carbocycles. The average Bonchev–Trinajstić information content (AvgIpc) is 3.23. The highest BCUT2D eigenvalue weighted by Gasteiger charge is 2.62. The Bertz CT molecular complexity index is 1130. The maximum absolute atomic E-state index is 13.6. The number of hydrogen-bond acceptors (Lipinski definition) is 6. The lowest BCUT2D eigenvalue weighted by Gasteiger charge is -2.44. The monoisotopic (exact) mass is 480 g/mol. The number of allylic oxidation sites excluding steroid dienone is 2. The van der Waals surface area contributed by atoms with Gasteiger partial charge in [0, 0.05) is 24.6 Å². The van der Waals surface area contributed by atoms with E-state index < -0.39 is 29.6 Å². The van der Waals surface area contributed by atoms with Gasteiger partial charge in [0.1, 0.15) is 11.5 Å². The van der Waals surface area contributed by atoms with Crippen LogP contribution < -0.4 is 4.74 Å². The summed E-state index contributed by atoms with van der Waals surface area (Å²) in [6.07, 6.45) is 4.08. The summed E-state index contributed by atoms with van der Waals surface area (Å²) in [7, 11) is 1.51. The minimum Gasteiger partial charge on any atom is -0.508 e. The molecule has 0 bridgehead atoms. The van der Waals surface area contributed by atoms with Gasteiger partial charge in [-0.2, -0.15) is 0 Å². The molecule has 1 aromatic carbocycles. The number of carbonyl (C=O) groups is 4. The van der Waals surface area contributed by atoms with E-state index in [1.54, 1.807) is 18.2 Å². The zero-order valence-corrected chi connectivity index (χ0v) is 20.4. The molecule has 35 heavy (non-hydrogen) atoms. The second-order valence-corrected chi connectivity index (χ2v) is 10.1. The molecule has 186 valence electrons. The minimum absolute atomic E-state index is 0.00704. The molecule has 0 spiro atoms. The van der Waals surface area contributed by atoms with Crippen LogP contribution in [0.5, 0.6) is 11.5 Å². The number of nitrogens with zero attached hydrogens (tertiary/aromatic N) is 2. The highest BCUT2D eigenvalue weighted by atomic mass is 16.5. The van der Waals surface area contributed by atoms with E-state index in [1.165, 1.54) is 16.9 Å². The molecular formula is C27H32N2O6. The van der Waals surface area contributed by atoms with Gasteiger partial charge in [-0.15, -0.1) is 0 Å². The van der Waals surface area contributed by atoms with E-state index in [0.29, 0.717) is 50.1 Å². The van der Waals surface area contributed by atoms with E-state index in [-0.39, 0.29) is 35.3 Å². The number of hydrogen-bond donors (Lipinski definition) is 1. The predicted molar refractivity (Wildman–Crippen MR) is 126 cm³/mol. The molecular weight excluding hydrogens is 448 g/mol. The Labute approximate surface area is 204 Å². The van der Waals surface area contributed by atoms with E-state index in [9.17, 15) is 24.3 Å². The second-order valence-electron chi connectivity index (χ2n) is 10.1. The van der Waals surface area contributed by atoms with Crippen molar-refractivity contribution < 1.29 is 29.0 Å². The Morgan fingerprint density at radius 3 is 2.14 bits per heavy atom. The quantitative estimate of drug-likeness (QED) is 0.496. The van der Waals surface area contributed by atoms with Crippen molar-refractivity contribution in [1.82, 2.24) is 9.80 Å². The number of phenolic OH excluding ortho intramolecular Hbond substituents is 1. The van der Waals surface area contributed by atoms with E-state index in [4.69, 9.17) is 4.74 Å². The Balaban J connectivity index is 1.66. The molecule has 3 fully saturated rings. The second kappa shape index (κ2) is 8.81. The van der Waals surface area contributed by atoms with Gasteiger partial charge >= 0.3 is 0 Å². The molecule has 8 nitrogen and oxygen atoms in total. The van der Waals surface area contributed by atoms with Crippen molar-refractivity contribution >= 4 is 23.6 Å². The summed E-state index contributed by atoms with van der Waals surface area (Å²) in [5, 5.41) is 11.0. The molecule has 4 aliphatic rings. The first-order valence-electron chi connectivity index (χ1n) is 12.6. The van der Waals surface area contributed by atoms with Gasteiger partial charge in [0.05, 0.1) is 30.8 Å². The third-order valence-corrected chi connectivity index (χ3v) is 8.30. The molecule has 4 amide bonds. The number of methoxy groups -OCH3 is 1. The van der Waals surface area contributed by atoms with Crippen LogP contribution in [0.1, 0.15) is 51.0 Å². The minimum atomic E-state index is -0.672. The predicted octanol–water partition coefficient (Wildman–Crippen LogP) is 2.86. The zero-order valence-electron chi connectivity index (χ0n) is 20.4. The van der Waals surface area contributed by atoms with Crippen molar-refractivity contribution in [3.8, 4) is 11.5 Å². The van der Waals surface area contributed by atoms with Crippen LogP contribution in [0.2, 0.25) is 0 Å². The van der Waals surface area contributed by atoms with Crippen molar-refractivity contribution in [2.24, 2.45) is 29.6 Å². The number of ether oxygens (including phenoxy) is 1. The molecule has 1 aromatic rings. The van der Waals surface area contributed by atoms with Gasteiger partial charge < -0.3 is 9.84 Å². The van der Waals surface area contributed by atoms with Crippen molar-refractivity contribution in [2.75, 3.05) is 20.2 Å². The molecule has 2 heterocycles. The Kier molecular flexibility index (Phi) is 5.93. The van der Waals surface area contributed by atoms with Gasteiger partial charge in [0.15, 0.2) is 0 Å². The van der Waals surface area contributed by atoms with Crippen molar-refractivity contribution in [1.29, 1.82) is 0 Å². The summed E-state index contributed by atoms with van der Waals surface area (Å²) in [4.78, 5) is 56.4. The van der Waals surface area contributed by atoms with Crippen molar-refractivity contribution in [2.45, 2.75) is 45.4 Å². The topological polar surface area (TPSA) is 104 Å². The molecule has 0 unspecified atom stereocenters. The first kappa shape index (κ1) is 23.6. The van der Waals surface area contributed by atoms with Crippen LogP contribution >= 0.6 is 0 Å². The van der Waals surface area contributed by atoms with E-state index in [1.807, 2.05) is 19.9 Å². The summed E-state index contributed by atoms with van der Waals surface area (Å²) in [6, 6.07) is 4.96. The largest absolute Gasteiger partial charge is 0.508 e. The summed E-state index contributed by atoms with van der Waals surface area (Å²) < 4.78 is 5.59. The molecule has 0 radical (unpaired) electrons. The molecule has 2 aliphatic heterocycles. The van der Waals surface area contributed by atoms with Crippen molar-refractivity contribution in [3.05, 3.63) is 35.4 Å². The van der Waals surface area contributed by atoms with Crippen LogP contribution in [0.3, 0.4) is 0 Å². The number of fused-ring (bicyclic) bond motifs is 4. The van der Waals surface area contributed by atoms with Gasteiger partial charge in [-0.25, -0.2) is 0 Å². The summed E-state index contributed by atoms with van der Waals surface area (Å²) in [5.74, 6) is -3.55. The Morgan fingerprint density at radius 1 is 0.886 bits per heavy atom. The number of benzene rings is 1. The number of carbonyl (C=O) groups excluding carboxylic acids is 4. The van der Waals surface area contributed by atoms with Gasteiger partial charge in [-0.05, 0) is 43.7 Å². The standard InChI is InChI=1S/C27H32N2O6/c1-4-11-28-24(31)15-10-9-14-16(20(15)26(28)33)13-17-22(27(34)29(12-5-2)25(17)32)21(14)23-18(30)7-6-8-19(23)35-3/h6-9,15-17,20-22,30H,4-5,10-13H2,1-3H3/t15-,16+,17+,20-,21-,22+/m0/s1. The zero-order chi connectivity index (χ0) is 25.0. The number of amides is 4. The smallest absolute Gasteiger partial charge is 0.234 e. The molecule has 6 atom stereocenters. The van der Waals surface area contributed by atoms with Gasteiger partial charge in [-0.1, -0.05) is 31.6 Å². The van der Waals surface area contributed by atoms with E-state index >= 15 is 0 Å². The molecule has 8 heteroatoms. The van der Waals surface area contributed by atoms with Gasteiger partial charge in [-0.3, -0.25) is 29.0 Å². The van der Waals surface area contributed by atoms with Crippen LogP contribution in [0.25, 0.3) is 0 Å². The van der Waals surface area contributed by atoms with E-state index in [0.717, 1.165) is 5.57 Å². The third-order valence-electron chi connectivity index (χ3n) is 8.30. The normalized spacial score (nSPS) is 31.9. The van der Waals surface area contributed by atoms with Crippen LogP contribution in [0.4, 0.5) is 0 Å². The lowest BCUT2D eigenvalue weighted by atomic mass is 9.57. The van der Waals surface area contributed by atoms with Gasteiger partial charge in [0.2, 0.25) is 23.6 Å². The fourth-order valence-corrected chi connectivity index (χ4v) is 6.95. The van der Waals surface area contributed by atoms with Crippen molar-refractivity contribution in [3.63, 3.8) is 0 Å². The number of likely N-dealkylation sites (tertiary alicyclic amines) is 2. The summed E-state index contributed by atoms with van der Waals surface area (Å²) in [6.45, 7) is 4.58. The first-order chi connectivity index (χ1) is 16.8. The first-order valence-corrected chi connectivity index (χ1v) is 12.6. The molecule has 2 saturated heterocycles. The molecule has 5 rings (SSSR count). The third kappa shape index (κ3) is 3.32. The number of phenols is 1. The highest BCUT2D eigenvalue weighted by Crippen LogP contribution is 2.59. The lowest BCUT2D eigenvalue weighted by Crippen LogP contribution is -2.43. The number of imide groups is 2. The van der Waals surface area contributed by atoms with Crippen LogP contribution in [0.15, 0.2) is 29.8 Å². The number of rotatable bonds is 6. The fourth-order valence-electron chi connectivity index (χ4n) is 6.95. The maximum Gasteiger partial charge on any atom is 0.234 e. The lowest BCUT2D eigenvalue weighted by molar-refractivity contribution is -0.142. The van der Waals surface area contributed by atoms with Crippen LogP contribution in [-0.2, 0) is 19.2 Å². The average molecular weight is 481 g/mol. The highest BCUT2D eigenvalue weighted by molar-refractivity contribution is 6.08. The summed E-state index contributed by atoms with van der Waals surface area (Å²) in [5.41, 5.74) is 1.34. The fraction of sp³-hybridized carbons (Fsp3) is 0.556. The SMILES string of the molecule is CCCN1C(=O)[C@H]2[C@H](CC=C3[C@H]2C[C@H]2C(=O)N(CCC)C(=O)[C@H]2[C@H]3c2c(O)cccc2OC)C1=O. The summed E-state index contributed by atoms with van der Waals surface area (Å²) >= 11 is 0. The van der Waals surface area contributed by atoms with Crippen LogP contribution in [-0.4, -0.2) is 58.7 Å².